The zero-order valence-electron chi connectivity index (χ0n) is 20.9. The number of fused-ring (bicyclic) bond motifs is 1. The van der Waals surface area contributed by atoms with E-state index in [0.717, 1.165) is 70.6 Å². The Morgan fingerprint density at radius 2 is 1.92 bits per heavy atom. The van der Waals surface area contributed by atoms with Crippen molar-refractivity contribution >= 4 is 17.3 Å². The molecule has 5 nitrogen and oxygen atoms in total. The molecule has 1 aliphatic heterocycles. The molecule has 0 unspecified atom stereocenters. The Morgan fingerprint density at radius 3 is 2.62 bits per heavy atom. The van der Waals surface area contributed by atoms with Crippen LogP contribution in [0.5, 0.6) is 0 Å². The number of nitriles is 1. The number of Topliss-reactive ketones (excluding diaryl/α,β-unsaturated/α-hetero) is 1. The highest BCUT2D eigenvalue weighted by Crippen LogP contribution is 2.33. The third-order valence-electron chi connectivity index (χ3n) is 7.56. The molecule has 0 spiro atoms. The highest BCUT2D eigenvalue weighted by molar-refractivity contribution is 6.37. The minimum Gasteiger partial charge on any atom is -0.346 e. The van der Waals surface area contributed by atoms with Gasteiger partial charge in [-0.2, -0.15) is 5.26 Å². The van der Waals surface area contributed by atoms with Gasteiger partial charge in [-0.05, 0) is 66.6 Å². The number of allylic oxidation sites excluding steroid dienone is 1. The third-order valence-corrected chi connectivity index (χ3v) is 7.56. The van der Waals surface area contributed by atoms with E-state index in [1.54, 1.807) is 0 Å². The van der Waals surface area contributed by atoms with Crippen LogP contribution in [0, 0.1) is 17.1 Å². The van der Waals surface area contributed by atoms with Crippen LogP contribution in [0.1, 0.15) is 60.8 Å². The van der Waals surface area contributed by atoms with Crippen molar-refractivity contribution in [2.24, 2.45) is 0 Å². The van der Waals surface area contributed by atoms with Gasteiger partial charge >= 0.3 is 0 Å². The van der Waals surface area contributed by atoms with Gasteiger partial charge in [0.15, 0.2) is 0 Å². The number of ketones is 1. The molecule has 0 atom stereocenters. The van der Waals surface area contributed by atoms with Crippen molar-refractivity contribution in [3.8, 4) is 6.07 Å². The van der Waals surface area contributed by atoms with E-state index in [9.17, 15) is 18.4 Å². The standard InChI is InChI=1S/C30H31F2N3O2/c1-21(28(36)27(18-31)24-6-5-7-26(32)17-24)29(37)34-30(11-3-2-4-12-30)13-15-35-14-10-23-16-22(19-33)8-9-25(23)20-35/h5-9,16-18H,1-4,10-15,20H2,(H,34,37)/b27-18+. The Kier molecular flexibility index (Phi) is 8.30. The van der Waals surface area contributed by atoms with Crippen LogP contribution in [-0.2, 0) is 22.6 Å². The van der Waals surface area contributed by atoms with E-state index in [1.165, 1.54) is 29.3 Å². The van der Waals surface area contributed by atoms with Crippen LogP contribution in [0.2, 0.25) is 0 Å². The number of amides is 1. The van der Waals surface area contributed by atoms with E-state index in [-0.39, 0.29) is 17.5 Å². The van der Waals surface area contributed by atoms with Crippen molar-refractivity contribution in [1.82, 2.24) is 10.2 Å². The van der Waals surface area contributed by atoms with Crippen LogP contribution >= 0.6 is 0 Å². The fraction of sp³-hybridized carbons (Fsp3) is 0.367. The van der Waals surface area contributed by atoms with Crippen molar-refractivity contribution in [2.45, 2.75) is 57.0 Å². The summed E-state index contributed by atoms with van der Waals surface area (Å²) in [7, 11) is 0. The van der Waals surface area contributed by atoms with Crippen molar-refractivity contribution in [2.75, 3.05) is 13.1 Å². The zero-order valence-corrected chi connectivity index (χ0v) is 20.9. The van der Waals surface area contributed by atoms with Gasteiger partial charge in [-0.3, -0.25) is 14.5 Å². The van der Waals surface area contributed by atoms with Crippen LogP contribution in [0.3, 0.4) is 0 Å². The molecule has 1 aliphatic carbocycles. The van der Waals surface area contributed by atoms with Gasteiger partial charge in [0.1, 0.15) is 5.82 Å². The smallest absolute Gasteiger partial charge is 0.255 e. The number of benzene rings is 2. The number of carbonyl (C=O) groups is 2. The summed E-state index contributed by atoms with van der Waals surface area (Å²) < 4.78 is 27.3. The van der Waals surface area contributed by atoms with Gasteiger partial charge in [-0.15, -0.1) is 0 Å². The summed E-state index contributed by atoms with van der Waals surface area (Å²) in [5.41, 5.74) is 1.93. The fourth-order valence-corrected chi connectivity index (χ4v) is 5.39. The number of hydrogen-bond donors (Lipinski definition) is 1. The Bertz CT molecular complexity index is 1270. The second kappa shape index (κ2) is 11.6. The molecule has 0 aromatic heterocycles. The maximum atomic E-state index is 13.7. The Hall–Kier alpha value is -3.63. The summed E-state index contributed by atoms with van der Waals surface area (Å²) in [6.45, 7) is 6.09. The molecular formula is C30H31F2N3O2. The van der Waals surface area contributed by atoms with Crippen molar-refractivity contribution in [1.29, 1.82) is 5.26 Å². The average Bonchev–Trinajstić information content (AvgIpc) is 2.92. The Balaban J connectivity index is 1.42. The lowest BCUT2D eigenvalue weighted by Gasteiger charge is -2.40. The minimum absolute atomic E-state index is 0.0566. The molecule has 1 fully saturated rings. The highest BCUT2D eigenvalue weighted by Gasteiger charge is 2.36. The maximum absolute atomic E-state index is 13.7. The minimum atomic E-state index is -0.860. The molecule has 192 valence electrons. The van der Waals surface area contributed by atoms with Crippen molar-refractivity contribution < 1.29 is 18.4 Å². The lowest BCUT2D eigenvalue weighted by Crippen LogP contribution is -2.52. The van der Waals surface area contributed by atoms with E-state index < -0.39 is 28.6 Å². The van der Waals surface area contributed by atoms with Gasteiger partial charge in [0.05, 0.1) is 29.1 Å². The van der Waals surface area contributed by atoms with Gasteiger partial charge in [0.2, 0.25) is 5.78 Å². The maximum Gasteiger partial charge on any atom is 0.255 e. The quantitative estimate of drug-likeness (QED) is 0.297. The zero-order chi connectivity index (χ0) is 26.4. The number of nitrogens with one attached hydrogen (secondary N) is 1. The van der Waals surface area contributed by atoms with Gasteiger partial charge in [-0.25, -0.2) is 8.78 Å². The Morgan fingerprint density at radius 1 is 1.14 bits per heavy atom. The average molecular weight is 504 g/mol. The third kappa shape index (κ3) is 6.20. The summed E-state index contributed by atoms with van der Waals surface area (Å²) in [6.07, 6.45) is 6.32. The molecule has 1 heterocycles. The summed E-state index contributed by atoms with van der Waals surface area (Å²) in [4.78, 5) is 28.4. The first-order chi connectivity index (χ1) is 17.8. The number of carbonyl (C=O) groups excluding carboxylic acids is 2. The summed E-state index contributed by atoms with van der Waals surface area (Å²) in [5.74, 6) is -2.08. The van der Waals surface area contributed by atoms with E-state index in [2.05, 4.69) is 22.9 Å². The largest absolute Gasteiger partial charge is 0.346 e. The first kappa shape index (κ1) is 26.4. The fourth-order valence-electron chi connectivity index (χ4n) is 5.39. The lowest BCUT2D eigenvalue weighted by molar-refractivity contribution is -0.122. The number of halogens is 2. The van der Waals surface area contributed by atoms with E-state index in [1.807, 2.05) is 18.2 Å². The number of hydrogen-bond acceptors (Lipinski definition) is 4. The predicted molar refractivity (Wildman–Crippen MR) is 138 cm³/mol. The molecule has 1 N–H and O–H groups in total. The topological polar surface area (TPSA) is 73.2 Å². The van der Waals surface area contributed by atoms with Gasteiger partial charge in [-0.1, -0.05) is 44.0 Å². The molecule has 0 radical (unpaired) electrons. The predicted octanol–water partition coefficient (Wildman–Crippen LogP) is 5.40. The molecule has 2 aliphatic rings. The van der Waals surface area contributed by atoms with E-state index in [4.69, 9.17) is 5.26 Å². The molecule has 2 aromatic rings. The molecule has 4 rings (SSSR count). The first-order valence-corrected chi connectivity index (χ1v) is 12.7. The Labute approximate surface area is 216 Å². The molecule has 7 heteroatoms. The van der Waals surface area contributed by atoms with Gasteiger partial charge in [0, 0.05) is 25.2 Å². The molecule has 1 amide bonds. The second-order valence-corrected chi connectivity index (χ2v) is 10.0. The monoisotopic (exact) mass is 503 g/mol. The molecule has 0 saturated heterocycles. The summed E-state index contributed by atoms with van der Waals surface area (Å²) in [6, 6.07) is 13.1. The molecular weight excluding hydrogens is 472 g/mol. The molecule has 37 heavy (non-hydrogen) atoms. The normalized spacial score (nSPS) is 17.4. The van der Waals surface area contributed by atoms with Crippen molar-refractivity contribution in [3.63, 3.8) is 0 Å². The number of nitrogens with zero attached hydrogens (tertiary/aromatic N) is 2. The summed E-state index contributed by atoms with van der Waals surface area (Å²) >= 11 is 0. The molecule has 0 bridgehead atoms. The summed E-state index contributed by atoms with van der Waals surface area (Å²) in [5, 5.41) is 12.2. The number of rotatable bonds is 8. The second-order valence-electron chi connectivity index (χ2n) is 10.0. The van der Waals surface area contributed by atoms with E-state index >= 15 is 0 Å². The van der Waals surface area contributed by atoms with Gasteiger partial charge < -0.3 is 5.32 Å². The van der Waals surface area contributed by atoms with Crippen LogP contribution in [0.4, 0.5) is 8.78 Å². The van der Waals surface area contributed by atoms with E-state index in [0.29, 0.717) is 5.56 Å². The van der Waals surface area contributed by atoms with Crippen LogP contribution in [-0.4, -0.2) is 35.2 Å². The SMILES string of the molecule is C=C(C(=O)NC1(CCN2CCc3cc(C#N)ccc3C2)CCCCC1)C(=O)/C(=C/F)c1cccc(F)c1. The van der Waals surface area contributed by atoms with Crippen LogP contribution < -0.4 is 5.32 Å². The molecule has 2 aromatic carbocycles. The van der Waals surface area contributed by atoms with Gasteiger partial charge in [0.25, 0.3) is 5.91 Å². The first-order valence-electron chi connectivity index (χ1n) is 12.7. The van der Waals surface area contributed by atoms with Crippen LogP contribution in [0.25, 0.3) is 5.57 Å². The van der Waals surface area contributed by atoms with Crippen molar-refractivity contribution in [3.05, 3.63) is 89.0 Å². The lowest BCUT2D eigenvalue weighted by atomic mass is 9.78. The van der Waals surface area contributed by atoms with Crippen LogP contribution in [0.15, 0.2) is 60.9 Å². The highest BCUT2D eigenvalue weighted by atomic mass is 19.1. The molecule has 1 saturated carbocycles.